The lowest BCUT2D eigenvalue weighted by molar-refractivity contribution is 0.0690. The Labute approximate surface area is 104 Å². The van der Waals surface area contributed by atoms with Crippen molar-refractivity contribution in [2.24, 2.45) is 0 Å². The summed E-state index contributed by atoms with van der Waals surface area (Å²) in [5.74, 6) is 0.0810. The molecule has 18 heavy (non-hydrogen) atoms. The average molecular weight is 247 g/mol. The standard InChI is InChI=1S/C12H13N3O3/c1-8(7-9-3-2-6-18-9)14-12-13-5-4-10(15-12)11(16)17/h2-6,8H,7H2,1H3,(H,16,17)(H,13,14,15). The Bertz CT molecular complexity index is 525. The molecule has 0 aliphatic heterocycles. The molecule has 6 heteroatoms. The van der Waals surface area contributed by atoms with Crippen molar-refractivity contribution in [3.05, 3.63) is 42.1 Å². The molecule has 0 spiro atoms. The maximum atomic E-state index is 10.8. The van der Waals surface area contributed by atoms with E-state index < -0.39 is 5.97 Å². The van der Waals surface area contributed by atoms with Gasteiger partial charge in [0.1, 0.15) is 5.76 Å². The number of hydrogen-bond acceptors (Lipinski definition) is 5. The van der Waals surface area contributed by atoms with Crippen LogP contribution in [0.5, 0.6) is 0 Å². The molecule has 0 radical (unpaired) electrons. The van der Waals surface area contributed by atoms with Crippen LogP contribution in [0, 0.1) is 0 Å². The highest BCUT2D eigenvalue weighted by molar-refractivity contribution is 5.85. The molecule has 2 aromatic heterocycles. The zero-order chi connectivity index (χ0) is 13.0. The first-order chi connectivity index (χ1) is 8.65. The van der Waals surface area contributed by atoms with Crippen LogP contribution in [0.2, 0.25) is 0 Å². The number of aromatic carboxylic acids is 1. The minimum absolute atomic E-state index is 0.0299. The highest BCUT2D eigenvalue weighted by Gasteiger charge is 2.10. The van der Waals surface area contributed by atoms with Crippen LogP contribution in [0.1, 0.15) is 23.2 Å². The maximum Gasteiger partial charge on any atom is 0.354 e. The van der Waals surface area contributed by atoms with E-state index >= 15 is 0 Å². The van der Waals surface area contributed by atoms with Crippen LogP contribution in [0.25, 0.3) is 0 Å². The molecule has 0 saturated carbocycles. The molecule has 0 saturated heterocycles. The third-order valence-corrected chi connectivity index (χ3v) is 2.34. The number of carboxylic acids is 1. The van der Waals surface area contributed by atoms with Crippen LogP contribution in [-0.4, -0.2) is 27.1 Å². The van der Waals surface area contributed by atoms with E-state index in [2.05, 4.69) is 15.3 Å². The molecule has 94 valence electrons. The number of aromatic nitrogens is 2. The van der Waals surface area contributed by atoms with Gasteiger partial charge in [-0.25, -0.2) is 14.8 Å². The Morgan fingerprint density at radius 2 is 2.39 bits per heavy atom. The summed E-state index contributed by atoms with van der Waals surface area (Å²) in [4.78, 5) is 18.6. The van der Waals surface area contributed by atoms with E-state index in [0.29, 0.717) is 12.4 Å². The summed E-state index contributed by atoms with van der Waals surface area (Å²) in [6.45, 7) is 1.94. The molecule has 2 aromatic rings. The van der Waals surface area contributed by atoms with Crippen molar-refractivity contribution in [1.82, 2.24) is 9.97 Å². The number of carboxylic acid groups (broad SMARTS) is 1. The third kappa shape index (κ3) is 3.07. The molecule has 6 nitrogen and oxygen atoms in total. The van der Waals surface area contributed by atoms with E-state index in [-0.39, 0.29) is 11.7 Å². The summed E-state index contributed by atoms with van der Waals surface area (Å²) in [6.07, 6.45) is 3.70. The van der Waals surface area contributed by atoms with Crippen molar-refractivity contribution in [3.63, 3.8) is 0 Å². The summed E-state index contributed by atoms with van der Waals surface area (Å²) in [5.41, 5.74) is -0.0299. The molecule has 2 heterocycles. The van der Waals surface area contributed by atoms with Gasteiger partial charge in [-0.15, -0.1) is 0 Å². The predicted molar refractivity (Wildman–Crippen MR) is 64.5 cm³/mol. The number of nitrogens with zero attached hydrogens (tertiary/aromatic N) is 2. The van der Waals surface area contributed by atoms with Gasteiger partial charge < -0.3 is 14.8 Å². The van der Waals surface area contributed by atoms with Crippen LogP contribution in [0.4, 0.5) is 5.95 Å². The van der Waals surface area contributed by atoms with Gasteiger partial charge in [0.25, 0.3) is 0 Å². The molecule has 0 aromatic carbocycles. The molecule has 2 rings (SSSR count). The Morgan fingerprint density at radius 1 is 1.56 bits per heavy atom. The van der Waals surface area contributed by atoms with Crippen LogP contribution >= 0.6 is 0 Å². The smallest absolute Gasteiger partial charge is 0.354 e. The van der Waals surface area contributed by atoms with Gasteiger partial charge in [0.15, 0.2) is 5.69 Å². The summed E-state index contributed by atoms with van der Waals surface area (Å²) < 4.78 is 5.23. The lowest BCUT2D eigenvalue weighted by atomic mass is 10.2. The fourth-order valence-electron chi connectivity index (χ4n) is 1.55. The topological polar surface area (TPSA) is 88.2 Å². The zero-order valence-electron chi connectivity index (χ0n) is 9.83. The van der Waals surface area contributed by atoms with Crippen LogP contribution in [-0.2, 0) is 6.42 Å². The Balaban J connectivity index is 2.00. The fourth-order valence-corrected chi connectivity index (χ4v) is 1.55. The van der Waals surface area contributed by atoms with E-state index in [1.807, 2.05) is 19.1 Å². The predicted octanol–water partition coefficient (Wildman–Crippen LogP) is 1.81. The van der Waals surface area contributed by atoms with Gasteiger partial charge >= 0.3 is 5.97 Å². The first kappa shape index (κ1) is 12.1. The minimum atomic E-state index is -1.07. The van der Waals surface area contributed by atoms with Gasteiger partial charge in [-0.3, -0.25) is 0 Å². The molecule has 1 atom stereocenters. The van der Waals surface area contributed by atoms with Crippen molar-refractivity contribution in [2.75, 3.05) is 5.32 Å². The molecule has 2 N–H and O–H groups in total. The summed E-state index contributed by atoms with van der Waals surface area (Å²) >= 11 is 0. The van der Waals surface area contributed by atoms with Gasteiger partial charge in [-0.2, -0.15) is 0 Å². The number of carbonyl (C=O) groups is 1. The molecule has 0 aliphatic rings. The van der Waals surface area contributed by atoms with Gasteiger partial charge in [0.2, 0.25) is 5.95 Å². The Morgan fingerprint density at radius 3 is 3.06 bits per heavy atom. The minimum Gasteiger partial charge on any atom is -0.477 e. The van der Waals surface area contributed by atoms with Crippen LogP contribution in [0.3, 0.4) is 0 Å². The SMILES string of the molecule is CC(Cc1ccco1)Nc1nccc(C(=O)O)n1. The quantitative estimate of drug-likeness (QED) is 0.837. The normalized spacial score (nSPS) is 12.1. The van der Waals surface area contributed by atoms with Gasteiger partial charge in [0, 0.05) is 18.7 Å². The second-order valence-electron chi connectivity index (χ2n) is 3.90. The first-order valence-corrected chi connectivity index (χ1v) is 5.50. The fraction of sp³-hybridized carbons (Fsp3) is 0.250. The third-order valence-electron chi connectivity index (χ3n) is 2.34. The second kappa shape index (κ2) is 5.31. The molecule has 0 bridgehead atoms. The number of rotatable bonds is 5. The van der Waals surface area contributed by atoms with Crippen LogP contribution < -0.4 is 5.32 Å². The summed E-state index contributed by atoms with van der Waals surface area (Å²) in [6, 6.07) is 5.10. The van der Waals surface area contributed by atoms with Gasteiger partial charge in [-0.05, 0) is 25.1 Å². The van der Waals surface area contributed by atoms with E-state index in [1.165, 1.54) is 12.3 Å². The van der Waals surface area contributed by atoms with Gasteiger partial charge in [0.05, 0.1) is 6.26 Å². The number of furan rings is 1. The molecule has 0 aliphatic carbocycles. The van der Waals surface area contributed by atoms with E-state index in [4.69, 9.17) is 9.52 Å². The first-order valence-electron chi connectivity index (χ1n) is 5.50. The lowest BCUT2D eigenvalue weighted by Gasteiger charge is -2.12. The number of anilines is 1. The van der Waals surface area contributed by atoms with E-state index in [9.17, 15) is 4.79 Å². The van der Waals surface area contributed by atoms with Crippen molar-refractivity contribution in [3.8, 4) is 0 Å². The van der Waals surface area contributed by atoms with Crippen molar-refractivity contribution < 1.29 is 14.3 Å². The average Bonchev–Trinajstić information content (AvgIpc) is 2.82. The molecular formula is C12H13N3O3. The van der Waals surface area contributed by atoms with Gasteiger partial charge in [-0.1, -0.05) is 0 Å². The number of hydrogen-bond donors (Lipinski definition) is 2. The van der Waals surface area contributed by atoms with Crippen molar-refractivity contribution in [1.29, 1.82) is 0 Å². The molecule has 1 unspecified atom stereocenters. The Hall–Kier alpha value is -2.37. The van der Waals surface area contributed by atoms with Crippen molar-refractivity contribution in [2.45, 2.75) is 19.4 Å². The van der Waals surface area contributed by atoms with Crippen molar-refractivity contribution >= 4 is 11.9 Å². The monoisotopic (exact) mass is 247 g/mol. The van der Waals surface area contributed by atoms with E-state index in [1.54, 1.807) is 6.26 Å². The van der Waals surface area contributed by atoms with E-state index in [0.717, 1.165) is 5.76 Å². The zero-order valence-corrected chi connectivity index (χ0v) is 9.83. The maximum absolute atomic E-state index is 10.8. The largest absolute Gasteiger partial charge is 0.477 e. The highest BCUT2D eigenvalue weighted by Crippen LogP contribution is 2.08. The highest BCUT2D eigenvalue weighted by atomic mass is 16.4. The summed E-state index contributed by atoms with van der Waals surface area (Å²) in [5, 5.41) is 11.8. The number of nitrogens with one attached hydrogen (secondary N) is 1. The lowest BCUT2D eigenvalue weighted by Crippen LogP contribution is -2.20. The second-order valence-corrected chi connectivity index (χ2v) is 3.90. The molecular weight excluding hydrogens is 234 g/mol. The molecule has 0 fully saturated rings. The van der Waals surface area contributed by atoms with Crippen LogP contribution in [0.15, 0.2) is 35.1 Å². The molecule has 0 amide bonds. The Kier molecular flexibility index (Phi) is 3.57. The summed E-state index contributed by atoms with van der Waals surface area (Å²) in [7, 11) is 0.